The number of carbonyl (C=O) groups excluding carboxylic acids is 2. The van der Waals surface area contributed by atoms with Gasteiger partial charge in [0.25, 0.3) is 5.91 Å². The molecular formula is C27H32FN3O3. The summed E-state index contributed by atoms with van der Waals surface area (Å²) < 4.78 is 21.6. The number of fused-ring (bicyclic) bond motifs is 1. The molecule has 6 nitrogen and oxygen atoms in total. The molecule has 2 heterocycles. The van der Waals surface area contributed by atoms with Crippen molar-refractivity contribution in [1.82, 2.24) is 14.8 Å². The molecular weight excluding hydrogens is 433 g/mol. The van der Waals surface area contributed by atoms with Gasteiger partial charge in [-0.2, -0.15) is 0 Å². The lowest BCUT2D eigenvalue weighted by molar-refractivity contribution is 0.0499. The molecule has 0 saturated carbocycles. The first kappa shape index (κ1) is 23.8. The van der Waals surface area contributed by atoms with Gasteiger partial charge in [-0.1, -0.05) is 36.4 Å². The Morgan fingerprint density at radius 1 is 1.06 bits per heavy atom. The summed E-state index contributed by atoms with van der Waals surface area (Å²) in [6.45, 7) is 7.55. The molecule has 2 amide bonds. The van der Waals surface area contributed by atoms with Crippen LogP contribution in [0.1, 0.15) is 49.7 Å². The lowest BCUT2D eigenvalue weighted by atomic mass is 9.96. The second-order valence-electron chi connectivity index (χ2n) is 9.88. The standard InChI is InChI=1S/C27H32FN3O3/c1-27(2,3)34-26(33)29-17-19-12-14-30(15-13-19)25(32)24-16-20-8-5-7-11-23(20)31(24)18-21-9-4-6-10-22(21)28/h4-11,16,19H,12-15,17-18H2,1-3H3,(H,29,33). The van der Waals surface area contributed by atoms with Crippen molar-refractivity contribution < 1.29 is 18.7 Å². The molecule has 1 aliphatic rings. The number of hydrogen-bond acceptors (Lipinski definition) is 3. The first-order valence-corrected chi connectivity index (χ1v) is 11.8. The van der Waals surface area contributed by atoms with E-state index in [1.165, 1.54) is 6.07 Å². The quantitative estimate of drug-likeness (QED) is 0.563. The van der Waals surface area contributed by atoms with Crippen molar-refractivity contribution >= 4 is 22.9 Å². The number of carbonyl (C=O) groups is 2. The van der Waals surface area contributed by atoms with Crippen LogP contribution in [0.3, 0.4) is 0 Å². The van der Waals surface area contributed by atoms with Gasteiger partial charge in [0.1, 0.15) is 17.1 Å². The Labute approximate surface area is 199 Å². The average Bonchev–Trinajstić information content (AvgIpc) is 3.16. The van der Waals surface area contributed by atoms with Gasteiger partial charge in [-0.05, 0) is 57.7 Å². The molecule has 0 atom stereocenters. The predicted molar refractivity (Wildman–Crippen MR) is 130 cm³/mol. The van der Waals surface area contributed by atoms with Crippen LogP contribution < -0.4 is 5.32 Å². The van der Waals surface area contributed by atoms with Crippen LogP contribution in [0.2, 0.25) is 0 Å². The lowest BCUT2D eigenvalue weighted by Crippen LogP contribution is -2.42. The van der Waals surface area contributed by atoms with E-state index in [0.29, 0.717) is 36.8 Å². The van der Waals surface area contributed by atoms with Gasteiger partial charge >= 0.3 is 6.09 Å². The summed E-state index contributed by atoms with van der Waals surface area (Å²) in [5, 5.41) is 3.80. The Kier molecular flexibility index (Phi) is 6.91. The van der Waals surface area contributed by atoms with Crippen LogP contribution in [0, 0.1) is 11.7 Å². The lowest BCUT2D eigenvalue weighted by Gasteiger charge is -2.32. The summed E-state index contributed by atoms with van der Waals surface area (Å²) >= 11 is 0. The number of para-hydroxylation sites is 1. The smallest absolute Gasteiger partial charge is 0.407 e. The van der Waals surface area contributed by atoms with Crippen LogP contribution in [-0.4, -0.2) is 46.7 Å². The number of piperidine rings is 1. The molecule has 1 N–H and O–H groups in total. The monoisotopic (exact) mass is 465 g/mol. The van der Waals surface area contributed by atoms with Crippen LogP contribution in [0.15, 0.2) is 54.6 Å². The summed E-state index contributed by atoms with van der Waals surface area (Å²) in [6.07, 6.45) is 1.19. The molecule has 34 heavy (non-hydrogen) atoms. The third kappa shape index (κ3) is 5.58. The van der Waals surface area contributed by atoms with Gasteiger partial charge in [0.05, 0.1) is 6.54 Å². The minimum atomic E-state index is -0.527. The number of hydrogen-bond donors (Lipinski definition) is 1. The SMILES string of the molecule is CC(C)(C)OC(=O)NCC1CCN(C(=O)c2cc3ccccc3n2Cc2ccccc2F)CC1. The minimum Gasteiger partial charge on any atom is -0.444 e. The maximum absolute atomic E-state index is 14.4. The number of amides is 2. The highest BCUT2D eigenvalue weighted by Gasteiger charge is 2.27. The fraction of sp³-hybridized carbons (Fsp3) is 0.407. The molecule has 7 heteroatoms. The van der Waals surface area contributed by atoms with Gasteiger partial charge in [-0.3, -0.25) is 4.79 Å². The Hall–Kier alpha value is -3.35. The molecule has 0 unspecified atom stereocenters. The molecule has 0 spiro atoms. The van der Waals surface area contributed by atoms with E-state index in [4.69, 9.17) is 4.74 Å². The Morgan fingerprint density at radius 2 is 1.74 bits per heavy atom. The van der Waals surface area contributed by atoms with Gasteiger partial charge in [0.15, 0.2) is 0 Å². The number of ether oxygens (including phenoxy) is 1. The molecule has 1 fully saturated rings. The fourth-order valence-corrected chi connectivity index (χ4v) is 4.40. The zero-order valence-corrected chi connectivity index (χ0v) is 20.0. The number of nitrogens with one attached hydrogen (secondary N) is 1. The average molecular weight is 466 g/mol. The van der Waals surface area contributed by atoms with Crippen molar-refractivity contribution in [2.24, 2.45) is 5.92 Å². The third-order valence-electron chi connectivity index (χ3n) is 6.15. The van der Waals surface area contributed by atoms with Gasteiger partial charge in [0.2, 0.25) is 0 Å². The van der Waals surface area contributed by atoms with Crippen molar-refractivity contribution in [3.8, 4) is 0 Å². The molecule has 0 radical (unpaired) electrons. The third-order valence-corrected chi connectivity index (χ3v) is 6.15. The van der Waals surface area contributed by atoms with Crippen molar-refractivity contribution in [3.63, 3.8) is 0 Å². The van der Waals surface area contributed by atoms with E-state index < -0.39 is 11.7 Å². The Bertz CT molecular complexity index is 1170. The molecule has 1 saturated heterocycles. The van der Waals surface area contributed by atoms with E-state index in [1.807, 2.05) is 66.6 Å². The van der Waals surface area contributed by atoms with Crippen molar-refractivity contribution in [2.75, 3.05) is 19.6 Å². The van der Waals surface area contributed by atoms with E-state index >= 15 is 0 Å². The zero-order valence-electron chi connectivity index (χ0n) is 20.0. The minimum absolute atomic E-state index is 0.0499. The first-order valence-electron chi connectivity index (χ1n) is 11.8. The molecule has 0 aliphatic carbocycles. The topological polar surface area (TPSA) is 63.6 Å². The molecule has 4 rings (SSSR count). The summed E-state index contributed by atoms with van der Waals surface area (Å²) in [4.78, 5) is 27.3. The highest BCUT2D eigenvalue weighted by molar-refractivity contribution is 5.99. The molecule has 0 bridgehead atoms. The predicted octanol–water partition coefficient (Wildman–Crippen LogP) is 5.21. The van der Waals surface area contributed by atoms with Crippen LogP contribution in [0.25, 0.3) is 10.9 Å². The van der Waals surface area contributed by atoms with E-state index in [1.54, 1.807) is 12.1 Å². The normalized spacial score (nSPS) is 14.9. The molecule has 180 valence electrons. The Morgan fingerprint density at radius 3 is 2.44 bits per heavy atom. The summed E-state index contributed by atoms with van der Waals surface area (Å²) in [7, 11) is 0. The van der Waals surface area contributed by atoms with Gasteiger partial charge < -0.3 is 19.5 Å². The second kappa shape index (κ2) is 9.87. The number of likely N-dealkylation sites (tertiary alicyclic amines) is 1. The number of nitrogens with zero attached hydrogens (tertiary/aromatic N) is 2. The summed E-state index contributed by atoms with van der Waals surface area (Å²) in [5.74, 6) is -0.0380. The van der Waals surface area contributed by atoms with Crippen molar-refractivity contribution in [3.05, 3.63) is 71.7 Å². The maximum atomic E-state index is 14.4. The molecule has 2 aromatic carbocycles. The number of alkyl carbamates (subject to hydrolysis) is 1. The molecule has 1 aliphatic heterocycles. The second-order valence-corrected chi connectivity index (χ2v) is 9.88. The number of aromatic nitrogens is 1. The number of benzene rings is 2. The Balaban J connectivity index is 1.44. The van der Waals surface area contributed by atoms with Gasteiger partial charge in [0, 0.05) is 36.1 Å². The zero-order chi connectivity index (χ0) is 24.3. The molecule has 1 aromatic heterocycles. The van der Waals surface area contributed by atoms with E-state index in [-0.39, 0.29) is 18.3 Å². The van der Waals surface area contributed by atoms with E-state index in [9.17, 15) is 14.0 Å². The van der Waals surface area contributed by atoms with E-state index in [2.05, 4.69) is 5.32 Å². The molecule has 3 aromatic rings. The van der Waals surface area contributed by atoms with Crippen LogP contribution in [0.4, 0.5) is 9.18 Å². The highest BCUT2D eigenvalue weighted by atomic mass is 19.1. The first-order chi connectivity index (χ1) is 16.2. The summed E-state index contributed by atoms with van der Waals surface area (Å²) in [6, 6.07) is 16.4. The van der Waals surface area contributed by atoms with E-state index in [0.717, 1.165) is 23.7 Å². The number of rotatable bonds is 5. The fourth-order valence-electron chi connectivity index (χ4n) is 4.40. The van der Waals surface area contributed by atoms with Crippen LogP contribution >= 0.6 is 0 Å². The van der Waals surface area contributed by atoms with Gasteiger partial charge in [-0.25, -0.2) is 9.18 Å². The number of halogens is 1. The highest BCUT2D eigenvalue weighted by Crippen LogP contribution is 2.25. The van der Waals surface area contributed by atoms with Crippen molar-refractivity contribution in [1.29, 1.82) is 0 Å². The van der Waals surface area contributed by atoms with Gasteiger partial charge in [-0.15, -0.1) is 0 Å². The van der Waals surface area contributed by atoms with Crippen LogP contribution in [0.5, 0.6) is 0 Å². The van der Waals surface area contributed by atoms with Crippen molar-refractivity contribution in [2.45, 2.75) is 45.8 Å². The summed E-state index contributed by atoms with van der Waals surface area (Å²) in [5.41, 5.74) is 1.49. The maximum Gasteiger partial charge on any atom is 0.407 e. The largest absolute Gasteiger partial charge is 0.444 e. The van der Waals surface area contributed by atoms with Crippen LogP contribution in [-0.2, 0) is 11.3 Å².